The van der Waals surface area contributed by atoms with Gasteiger partial charge in [-0.2, -0.15) is 4.98 Å². The van der Waals surface area contributed by atoms with Crippen LogP contribution in [-0.2, 0) is 4.74 Å². The number of fused-ring (bicyclic) bond motifs is 1. The molecular formula is C14H22N6O5. The first kappa shape index (κ1) is 17.8. The number of imidazole rings is 1. The molecule has 25 heavy (non-hydrogen) atoms. The van der Waals surface area contributed by atoms with Crippen molar-refractivity contribution in [1.29, 1.82) is 0 Å². The van der Waals surface area contributed by atoms with Gasteiger partial charge in [0.2, 0.25) is 5.95 Å². The zero-order valence-corrected chi connectivity index (χ0v) is 13.5. The number of aliphatic hydroxyl groups is 3. The molecule has 7 N–H and O–H groups in total. The predicted octanol–water partition coefficient (Wildman–Crippen LogP) is -2.12. The number of nitrogens with two attached hydrogens (primary N) is 1. The van der Waals surface area contributed by atoms with Crippen LogP contribution in [0.3, 0.4) is 0 Å². The maximum atomic E-state index is 12.2. The molecule has 1 aliphatic rings. The van der Waals surface area contributed by atoms with Gasteiger partial charge in [0.15, 0.2) is 17.4 Å². The topological polar surface area (TPSA) is 172 Å². The standard InChI is InChI=1S/C14H22N6O5/c15-3-1-2-4-16-14-18-11-8(12(24)19-14)17-6-20(11)13-10(23)9(22)7(5-21)25-13/h6-7,9-10,13,21-23H,1-5,15H2,(H2,16,18,19,24)/t7-,9-,10-,13-/m1/s1. The van der Waals surface area contributed by atoms with Gasteiger partial charge in [0.25, 0.3) is 5.56 Å². The average Bonchev–Trinajstić information content (AvgIpc) is 3.14. The molecule has 0 spiro atoms. The summed E-state index contributed by atoms with van der Waals surface area (Å²) in [4.78, 5) is 23.1. The predicted molar refractivity (Wildman–Crippen MR) is 87.9 cm³/mol. The Balaban J connectivity index is 1.89. The van der Waals surface area contributed by atoms with Crippen molar-refractivity contribution in [3.05, 3.63) is 16.7 Å². The number of H-pyrrole nitrogens is 1. The molecule has 0 saturated carbocycles. The van der Waals surface area contributed by atoms with Crippen LogP contribution in [0.15, 0.2) is 11.1 Å². The van der Waals surface area contributed by atoms with E-state index < -0.39 is 36.7 Å². The monoisotopic (exact) mass is 354 g/mol. The number of rotatable bonds is 7. The Kier molecular flexibility index (Phi) is 5.30. The van der Waals surface area contributed by atoms with Gasteiger partial charge in [0, 0.05) is 6.54 Å². The number of hydrogen-bond acceptors (Lipinski definition) is 9. The van der Waals surface area contributed by atoms with Crippen LogP contribution in [0.5, 0.6) is 0 Å². The molecule has 0 unspecified atom stereocenters. The molecule has 3 heterocycles. The normalized spacial score (nSPS) is 26.4. The summed E-state index contributed by atoms with van der Waals surface area (Å²) in [6, 6.07) is 0. The quantitative estimate of drug-likeness (QED) is 0.304. The summed E-state index contributed by atoms with van der Waals surface area (Å²) in [5.74, 6) is 0.267. The van der Waals surface area contributed by atoms with E-state index in [0.29, 0.717) is 13.1 Å². The SMILES string of the molecule is NCCCCNc1nc2c(ncn2[C@@H]2O[C@H](CO)[C@@H](O)[C@H]2O)c(=O)[nH]1. The summed E-state index contributed by atoms with van der Waals surface area (Å²) < 4.78 is 6.84. The fourth-order valence-corrected chi connectivity index (χ4v) is 2.78. The Labute approximate surface area is 142 Å². The molecule has 0 aromatic carbocycles. The zero-order valence-electron chi connectivity index (χ0n) is 13.5. The zero-order chi connectivity index (χ0) is 18.0. The lowest BCUT2D eigenvalue weighted by molar-refractivity contribution is -0.0511. The number of nitrogens with zero attached hydrogens (tertiary/aromatic N) is 3. The summed E-state index contributed by atoms with van der Waals surface area (Å²) in [6.45, 7) is 0.736. The van der Waals surface area contributed by atoms with Crippen LogP contribution < -0.4 is 16.6 Å². The molecule has 138 valence electrons. The van der Waals surface area contributed by atoms with Crippen LogP contribution in [0.25, 0.3) is 11.2 Å². The summed E-state index contributed by atoms with van der Waals surface area (Å²) in [5, 5.41) is 32.3. The number of aliphatic hydroxyl groups excluding tert-OH is 3. The van der Waals surface area contributed by atoms with E-state index in [9.17, 15) is 20.1 Å². The van der Waals surface area contributed by atoms with Crippen molar-refractivity contribution in [2.45, 2.75) is 37.4 Å². The average molecular weight is 354 g/mol. The minimum atomic E-state index is -1.28. The molecule has 11 nitrogen and oxygen atoms in total. The van der Waals surface area contributed by atoms with E-state index in [1.165, 1.54) is 10.9 Å². The number of hydrogen-bond donors (Lipinski definition) is 6. The first-order chi connectivity index (χ1) is 12.1. The summed E-state index contributed by atoms with van der Waals surface area (Å²) in [7, 11) is 0. The highest BCUT2D eigenvalue weighted by Gasteiger charge is 2.44. The third-order valence-corrected chi connectivity index (χ3v) is 4.15. The molecule has 1 fully saturated rings. The van der Waals surface area contributed by atoms with E-state index in [0.717, 1.165) is 12.8 Å². The van der Waals surface area contributed by atoms with Gasteiger partial charge in [0.1, 0.15) is 18.3 Å². The number of aromatic nitrogens is 4. The second-order valence-electron chi connectivity index (χ2n) is 5.89. The van der Waals surface area contributed by atoms with Crippen molar-refractivity contribution in [2.75, 3.05) is 25.0 Å². The van der Waals surface area contributed by atoms with Crippen LogP contribution in [0.4, 0.5) is 5.95 Å². The molecular weight excluding hydrogens is 332 g/mol. The van der Waals surface area contributed by atoms with Crippen LogP contribution in [0.2, 0.25) is 0 Å². The Morgan fingerprint density at radius 3 is 2.84 bits per heavy atom. The number of ether oxygens (including phenoxy) is 1. The van der Waals surface area contributed by atoms with Gasteiger partial charge in [-0.15, -0.1) is 0 Å². The summed E-state index contributed by atoms with van der Waals surface area (Å²) in [5.41, 5.74) is 5.30. The van der Waals surface area contributed by atoms with E-state index in [-0.39, 0.29) is 17.1 Å². The first-order valence-electron chi connectivity index (χ1n) is 8.10. The van der Waals surface area contributed by atoms with E-state index in [4.69, 9.17) is 10.5 Å². The smallest absolute Gasteiger partial charge is 0.280 e. The van der Waals surface area contributed by atoms with Gasteiger partial charge < -0.3 is 31.1 Å². The lowest BCUT2D eigenvalue weighted by atomic mass is 10.1. The van der Waals surface area contributed by atoms with Gasteiger partial charge in [0.05, 0.1) is 12.9 Å². The second kappa shape index (κ2) is 7.45. The van der Waals surface area contributed by atoms with Gasteiger partial charge in [-0.1, -0.05) is 0 Å². The molecule has 4 atom stereocenters. The van der Waals surface area contributed by atoms with Gasteiger partial charge in [-0.05, 0) is 19.4 Å². The van der Waals surface area contributed by atoms with Crippen LogP contribution in [0.1, 0.15) is 19.1 Å². The van der Waals surface area contributed by atoms with E-state index in [1.54, 1.807) is 0 Å². The largest absolute Gasteiger partial charge is 0.394 e. The van der Waals surface area contributed by atoms with Crippen molar-refractivity contribution >= 4 is 17.1 Å². The van der Waals surface area contributed by atoms with Crippen LogP contribution >= 0.6 is 0 Å². The number of nitrogens with one attached hydrogen (secondary N) is 2. The van der Waals surface area contributed by atoms with Crippen molar-refractivity contribution in [3.8, 4) is 0 Å². The van der Waals surface area contributed by atoms with Crippen molar-refractivity contribution in [1.82, 2.24) is 19.5 Å². The third-order valence-electron chi connectivity index (χ3n) is 4.15. The molecule has 1 aliphatic heterocycles. The third kappa shape index (κ3) is 3.37. The lowest BCUT2D eigenvalue weighted by Crippen LogP contribution is -2.33. The first-order valence-corrected chi connectivity index (χ1v) is 8.10. The second-order valence-corrected chi connectivity index (χ2v) is 5.89. The fourth-order valence-electron chi connectivity index (χ4n) is 2.78. The molecule has 0 radical (unpaired) electrons. The van der Waals surface area contributed by atoms with Crippen molar-refractivity contribution in [3.63, 3.8) is 0 Å². The number of aromatic amines is 1. The van der Waals surface area contributed by atoms with E-state index in [2.05, 4.69) is 20.3 Å². The van der Waals surface area contributed by atoms with Gasteiger partial charge in [-0.25, -0.2) is 4.98 Å². The fraction of sp³-hybridized carbons (Fsp3) is 0.643. The van der Waals surface area contributed by atoms with Crippen LogP contribution in [0, 0.1) is 0 Å². The molecule has 0 amide bonds. The Morgan fingerprint density at radius 2 is 2.16 bits per heavy atom. The highest BCUT2D eigenvalue weighted by atomic mass is 16.6. The minimum Gasteiger partial charge on any atom is -0.394 e. The van der Waals surface area contributed by atoms with E-state index >= 15 is 0 Å². The highest BCUT2D eigenvalue weighted by molar-refractivity contribution is 5.70. The van der Waals surface area contributed by atoms with Crippen LogP contribution in [-0.4, -0.2) is 72.8 Å². The lowest BCUT2D eigenvalue weighted by Gasteiger charge is -2.16. The van der Waals surface area contributed by atoms with Crippen molar-refractivity contribution in [2.24, 2.45) is 5.73 Å². The Hall–Kier alpha value is -2.05. The van der Waals surface area contributed by atoms with Gasteiger partial charge in [-0.3, -0.25) is 14.3 Å². The molecule has 2 aromatic rings. The Morgan fingerprint density at radius 1 is 1.36 bits per heavy atom. The molecule has 2 aromatic heterocycles. The maximum absolute atomic E-state index is 12.2. The summed E-state index contributed by atoms with van der Waals surface area (Å²) >= 11 is 0. The maximum Gasteiger partial charge on any atom is 0.280 e. The highest BCUT2D eigenvalue weighted by Crippen LogP contribution is 2.30. The van der Waals surface area contributed by atoms with Gasteiger partial charge >= 0.3 is 0 Å². The molecule has 11 heteroatoms. The summed E-state index contributed by atoms with van der Waals surface area (Å²) in [6.07, 6.45) is -1.47. The molecule has 0 bridgehead atoms. The van der Waals surface area contributed by atoms with E-state index in [1.807, 2.05) is 0 Å². The van der Waals surface area contributed by atoms with Crippen molar-refractivity contribution < 1.29 is 20.1 Å². The molecule has 0 aliphatic carbocycles. The molecule has 1 saturated heterocycles. The number of unbranched alkanes of at least 4 members (excludes halogenated alkanes) is 1. The molecule has 3 rings (SSSR count). The number of anilines is 1. The minimum absolute atomic E-state index is 0.0882. The Bertz CT molecular complexity index is 777.